The minimum Gasteiger partial charge on any atom is -0.444 e. The van der Waals surface area contributed by atoms with Crippen LogP contribution in [0.1, 0.15) is 97.1 Å². The fourth-order valence-corrected chi connectivity index (χ4v) is 8.39. The van der Waals surface area contributed by atoms with Crippen molar-refractivity contribution in [2.45, 2.75) is 134 Å². The number of halogens is 1. The third-order valence-electron chi connectivity index (χ3n) is 9.99. The van der Waals surface area contributed by atoms with Crippen LogP contribution in [0.15, 0.2) is 30.4 Å². The maximum Gasteiger partial charge on any atom is 0.410 e. The Morgan fingerprint density at radius 1 is 1.06 bits per heavy atom. The summed E-state index contributed by atoms with van der Waals surface area (Å²) < 4.78 is 53.3. The van der Waals surface area contributed by atoms with E-state index in [1.54, 1.807) is 32.9 Å². The van der Waals surface area contributed by atoms with Gasteiger partial charge in [-0.15, -0.1) is 0 Å². The predicted molar refractivity (Wildman–Crippen MR) is 187 cm³/mol. The maximum atomic E-state index is 14.4. The number of fused-ring (bicyclic) bond motifs is 3. The van der Waals surface area contributed by atoms with Crippen LogP contribution in [-0.4, -0.2) is 89.2 Å². The van der Waals surface area contributed by atoms with Gasteiger partial charge in [-0.1, -0.05) is 44.6 Å². The Hall–Kier alpha value is -4.21. The standard InChI is InChI=1S/C35H46FN5O9S.CH4/c1-34(2,3)50-32(45)37-27-13-8-6-4-5-7-11-22-17-35(22,31(44)39-51(47,48)24-14-15-24)38-29(42)28-16-23(19-41(28)30(27)43)49-33(46)40-18-21-10-9-12-26(36)25(21)20-40;/h7,9-12,22-24,27-28H,4-6,8,13-20H2,1-3H3,(H,37,45)(H,38,42)(H,39,44);1H4/b11-7-;/t22-,23-,27+,28+,35-;/m1./s1. The van der Waals surface area contributed by atoms with Crippen molar-refractivity contribution in [3.05, 3.63) is 47.3 Å². The van der Waals surface area contributed by atoms with Gasteiger partial charge in [0.15, 0.2) is 0 Å². The van der Waals surface area contributed by atoms with Crippen LogP contribution in [0, 0.1) is 11.7 Å². The highest BCUT2D eigenvalue weighted by atomic mass is 32.2. The number of allylic oxidation sites excluding steroid dienone is 1. The molecule has 6 rings (SSSR count). The molecule has 1 aromatic carbocycles. The number of ether oxygens (including phenoxy) is 2. The van der Waals surface area contributed by atoms with Crippen molar-refractivity contribution in [3.63, 3.8) is 0 Å². The van der Waals surface area contributed by atoms with Crippen molar-refractivity contribution in [3.8, 4) is 0 Å². The normalized spacial score (nSPS) is 28.4. The zero-order chi connectivity index (χ0) is 36.7. The Kier molecular flexibility index (Phi) is 11.3. The third-order valence-corrected chi connectivity index (χ3v) is 11.8. The molecule has 5 atom stereocenters. The molecule has 286 valence electrons. The summed E-state index contributed by atoms with van der Waals surface area (Å²) in [6.45, 7) is 5.01. The summed E-state index contributed by atoms with van der Waals surface area (Å²) in [5.41, 5.74) is -1.36. The Balaban J connectivity index is 0.00000523. The van der Waals surface area contributed by atoms with Gasteiger partial charge in [-0.3, -0.25) is 24.0 Å². The van der Waals surface area contributed by atoms with Gasteiger partial charge in [0.25, 0.3) is 5.91 Å². The molecule has 52 heavy (non-hydrogen) atoms. The molecule has 2 saturated carbocycles. The molecule has 3 heterocycles. The van der Waals surface area contributed by atoms with Crippen LogP contribution in [0.4, 0.5) is 14.0 Å². The topological polar surface area (TPSA) is 181 Å². The van der Waals surface area contributed by atoms with Gasteiger partial charge in [0, 0.05) is 24.4 Å². The molecule has 16 heteroatoms. The summed E-state index contributed by atoms with van der Waals surface area (Å²) in [6.07, 6.45) is 5.10. The number of nitrogens with one attached hydrogen (secondary N) is 3. The van der Waals surface area contributed by atoms with Crippen LogP contribution in [0.2, 0.25) is 0 Å². The second-order valence-corrected chi connectivity index (χ2v) is 17.2. The van der Waals surface area contributed by atoms with Crippen LogP contribution in [-0.2, 0) is 47.0 Å². The van der Waals surface area contributed by atoms with E-state index in [0.717, 1.165) is 12.8 Å². The van der Waals surface area contributed by atoms with Gasteiger partial charge in [0.2, 0.25) is 21.8 Å². The summed E-state index contributed by atoms with van der Waals surface area (Å²) >= 11 is 0. The Morgan fingerprint density at radius 2 is 1.81 bits per heavy atom. The van der Waals surface area contributed by atoms with Crippen molar-refractivity contribution < 1.29 is 46.3 Å². The lowest BCUT2D eigenvalue weighted by molar-refractivity contribution is -0.141. The van der Waals surface area contributed by atoms with Crippen LogP contribution >= 0.6 is 0 Å². The van der Waals surface area contributed by atoms with Crippen LogP contribution in [0.25, 0.3) is 0 Å². The molecule has 0 radical (unpaired) electrons. The van der Waals surface area contributed by atoms with Crippen LogP contribution < -0.4 is 15.4 Å². The highest BCUT2D eigenvalue weighted by Crippen LogP contribution is 2.46. The summed E-state index contributed by atoms with van der Waals surface area (Å²) in [5, 5.41) is 4.79. The smallest absolute Gasteiger partial charge is 0.410 e. The molecule has 0 aromatic heterocycles. The quantitative estimate of drug-likeness (QED) is 0.378. The van der Waals surface area contributed by atoms with Gasteiger partial charge in [-0.25, -0.2) is 22.4 Å². The second-order valence-electron chi connectivity index (χ2n) is 15.2. The molecule has 2 aliphatic carbocycles. The van der Waals surface area contributed by atoms with Gasteiger partial charge in [-0.2, -0.15) is 0 Å². The number of carbonyl (C=O) groups is 5. The Bertz CT molecular complexity index is 1730. The first-order valence-electron chi connectivity index (χ1n) is 17.6. The average molecular weight is 748 g/mol. The largest absolute Gasteiger partial charge is 0.444 e. The van der Waals surface area contributed by atoms with Gasteiger partial charge in [0.1, 0.15) is 35.1 Å². The van der Waals surface area contributed by atoms with E-state index in [0.29, 0.717) is 36.8 Å². The number of carbonyl (C=O) groups excluding carboxylic acids is 5. The molecule has 1 saturated heterocycles. The maximum absolute atomic E-state index is 14.4. The zero-order valence-electron chi connectivity index (χ0n) is 29.1. The van der Waals surface area contributed by atoms with Gasteiger partial charge in [0.05, 0.1) is 18.3 Å². The Morgan fingerprint density at radius 3 is 2.50 bits per heavy atom. The molecule has 14 nitrogen and oxygen atoms in total. The van der Waals surface area contributed by atoms with E-state index < -0.39 is 86.2 Å². The zero-order valence-corrected chi connectivity index (χ0v) is 29.9. The second kappa shape index (κ2) is 15.0. The first kappa shape index (κ1) is 39.0. The minimum atomic E-state index is -3.92. The van der Waals surface area contributed by atoms with Crippen LogP contribution in [0.5, 0.6) is 0 Å². The van der Waals surface area contributed by atoms with E-state index in [-0.39, 0.29) is 46.3 Å². The molecule has 0 spiro atoms. The number of hydrogen-bond donors (Lipinski definition) is 3. The number of benzene rings is 1. The summed E-state index contributed by atoms with van der Waals surface area (Å²) in [4.78, 5) is 70.8. The van der Waals surface area contributed by atoms with Gasteiger partial charge in [-0.05, 0) is 70.9 Å². The monoisotopic (exact) mass is 747 g/mol. The minimum absolute atomic E-state index is 0. The lowest BCUT2D eigenvalue weighted by Crippen LogP contribution is -2.58. The highest BCUT2D eigenvalue weighted by Gasteiger charge is 2.62. The van der Waals surface area contributed by atoms with Crippen molar-refractivity contribution in [2.24, 2.45) is 5.92 Å². The van der Waals surface area contributed by atoms with Gasteiger partial charge < -0.3 is 25.0 Å². The molecule has 5 amide bonds. The predicted octanol–water partition coefficient (Wildman–Crippen LogP) is 3.78. The van der Waals surface area contributed by atoms with E-state index in [9.17, 15) is 36.8 Å². The fourth-order valence-electron chi connectivity index (χ4n) is 7.02. The first-order chi connectivity index (χ1) is 24.1. The summed E-state index contributed by atoms with van der Waals surface area (Å²) in [5.74, 6) is -3.06. The molecule has 3 fully saturated rings. The first-order valence-corrected chi connectivity index (χ1v) is 19.2. The van der Waals surface area contributed by atoms with E-state index in [1.807, 2.05) is 12.2 Å². The van der Waals surface area contributed by atoms with E-state index in [1.165, 1.54) is 15.9 Å². The fraction of sp³-hybridized carbons (Fsp3) is 0.639. The highest BCUT2D eigenvalue weighted by molar-refractivity contribution is 7.91. The summed E-state index contributed by atoms with van der Waals surface area (Å²) in [6, 6.07) is 2.30. The number of hydrogen-bond acceptors (Lipinski definition) is 9. The molecule has 1 aromatic rings. The molecule has 0 unspecified atom stereocenters. The SMILES string of the molecule is C.CC(C)(C)OC(=O)N[C@H]1CCCCC/C=C\[C@@H]2C[C@@]2(C(=O)NS(=O)(=O)C2CC2)NC(=O)[C@@H]2C[C@@H](OC(=O)N3Cc4cccc(F)c4C3)CN2C1=O. The number of amides is 5. The molecular weight excluding hydrogens is 697 g/mol. The molecular formula is C36H50FN5O9S. The lowest BCUT2D eigenvalue weighted by Gasteiger charge is -2.30. The van der Waals surface area contributed by atoms with E-state index in [2.05, 4.69) is 15.4 Å². The number of sulfonamides is 1. The van der Waals surface area contributed by atoms with Gasteiger partial charge >= 0.3 is 12.2 Å². The molecule has 3 N–H and O–H groups in total. The van der Waals surface area contributed by atoms with Crippen LogP contribution in [0.3, 0.4) is 0 Å². The molecule has 5 aliphatic rings. The van der Waals surface area contributed by atoms with Crippen molar-refractivity contribution in [2.75, 3.05) is 6.54 Å². The molecule has 0 bridgehead atoms. The summed E-state index contributed by atoms with van der Waals surface area (Å²) in [7, 11) is -3.92. The molecule has 3 aliphatic heterocycles. The van der Waals surface area contributed by atoms with E-state index in [4.69, 9.17) is 9.47 Å². The van der Waals surface area contributed by atoms with E-state index >= 15 is 0 Å². The van der Waals surface area contributed by atoms with Crippen molar-refractivity contribution in [1.82, 2.24) is 25.2 Å². The number of nitrogens with zero attached hydrogens (tertiary/aromatic N) is 2. The number of alkyl carbamates (subject to hydrolysis) is 1. The van der Waals surface area contributed by atoms with Crippen molar-refractivity contribution in [1.29, 1.82) is 0 Å². The average Bonchev–Trinajstić information content (AvgIpc) is 3.93. The van der Waals surface area contributed by atoms with Crippen molar-refractivity contribution >= 4 is 39.9 Å². The Labute approximate surface area is 304 Å². The number of rotatable bonds is 5. The lowest BCUT2D eigenvalue weighted by atomic mass is 10.0. The third kappa shape index (κ3) is 8.69.